The molecule has 0 spiro atoms. The quantitative estimate of drug-likeness (QED) is 0.646. The Morgan fingerprint density at radius 2 is 1.81 bits per heavy atom. The van der Waals surface area contributed by atoms with E-state index in [9.17, 15) is 0 Å². The first-order valence-corrected chi connectivity index (χ1v) is 9.03. The monoisotopic (exact) mass is 362 g/mol. The number of pyridine rings is 1. The first-order valence-electron chi connectivity index (χ1n) is 9.03. The fraction of sp³-hybridized carbons (Fsp3) is 0.300. The Labute approximate surface area is 158 Å². The van der Waals surface area contributed by atoms with E-state index >= 15 is 0 Å². The van der Waals surface area contributed by atoms with Gasteiger partial charge in [-0.25, -0.2) is 9.97 Å². The third kappa shape index (κ3) is 4.38. The summed E-state index contributed by atoms with van der Waals surface area (Å²) in [5.74, 6) is 1.77. The van der Waals surface area contributed by atoms with Crippen molar-refractivity contribution in [2.45, 2.75) is 6.54 Å². The minimum atomic E-state index is 0.514. The van der Waals surface area contributed by atoms with Gasteiger partial charge in [0, 0.05) is 37.9 Å². The lowest BCUT2D eigenvalue weighted by atomic mass is 10.2. The molecule has 1 aliphatic heterocycles. The van der Waals surface area contributed by atoms with Crippen molar-refractivity contribution in [2.75, 3.05) is 38.1 Å². The van der Waals surface area contributed by atoms with Gasteiger partial charge in [0.25, 0.3) is 0 Å². The van der Waals surface area contributed by atoms with Crippen molar-refractivity contribution in [1.82, 2.24) is 14.9 Å². The van der Waals surface area contributed by atoms with E-state index in [1.54, 1.807) is 6.20 Å². The zero-order valence-corrected chi connectivity index (χ0v) is 15.3. The normalized spacial score (nSPS) is 15.5. The molecule has 0 bridgehead atoms. The standard InChI is InChI=1S/C20H22N6O/c1-25-8-10-26(11-9-25)20-7-2-16(12-22-20)13-23-24-18-5-3-17(4-6-18)19-14-21-15-27-19/h2-7,12,14-15H,8-11,13H2,1H3. The van der Waals surface area contributed by atoms with Crippen LogP contribution in [0.5, 0.6) is 0 Å². The van der Waals surface area contributed by atoms with Gasteiger partial charge < -0.3 is 14.2 Å². The molecule has 3 aromatic rings. The fourth-order valence-corrected chi connectivity index (χ4v) is 2.98. The predicted molar refractivity (Wildman–Crippen MR) is 104 cm³/mol. The van der Waals surface area contributed by atoms with Crippen LogP contribution in [0.4, 0.5) is 11.5 Å². The maximum atomic E-state index is 5.28. The molecule has 138 valence electrons. The molecule has 0 unspecified atom stereocenters. The number of anilines is 1. The van der Waals surface area contributed by atoms with Crippen LogP contribution in [0.3, 0.4) is 0 Å². The van der Waals surface area contributed by atoms with E-state index in [-0.39, 0.29) is 0 Å². The molecule has 1 aromatic carbocycles. The first kappa shape index (κ1) is 17.4. The molecular weight excluding hydrogens is 340 g/mol. The van der Waals surface area contributed by atoms with Gasteiger partial charge >= 0.3 is 0 Å². The van der Waals surface area contributed by atoms with E-state index in [0.717, 1.165) is 54.6 Å². The Morgan fingerprint density at radius 1 is 1.00 bits per heavy atom. The van der Waals surface area contributed by atoms with Gasteiger partial charge in [-0.15, -0.1) is 0 Å². The summed E-state index contributed by atoms with van der Waals surface area (Å²) in [5.41, 5.74) is 2.82. The topological polar surface area (TPSA) is 70.1 Å². The largest absolute Gasteiger partial charge is 0.444 e. The minimum Gasteiger partial charge on any atom is -0.444 e. The zero-order chi connectivity index (χ0) is 18.5. The second-order valence-electron chi connectivity index (χ2n) is 6.63. The van der Waals surface area contributed by atoms with E-state index in [1.807, 2.05) is 30.5 Å². The molecule has 1 aliphatic rings. The Hall–Kier alpha value is -3.06. The number of hydrogen-bond donors (Lipinski definition) is 0. The lowest BCUT2D eigenvalue weighted by Gasteiger charge is -2.33. The van der Waals surface area contributed by atoms with E-state index < -0.39 is 0 Å². The van der Waals surface area contributed by atoms with Crippen molar-refractivity contribution in [3.05, 3.63) is 60.7 Å². The highest BCUT2D eigenvalue weighted by atomic mass is 16.3. The van der Waals surface area contributed by atoms with Crippen LogP contribution in [0.2, 0.25) is 0 Å². The second kappa shape index (κ2) is 8.09. The van der Waals surface area contributed by atoms with Crippen LogP contribution in [0, 0.1) is 0 Å². The van der Waals surface area contributed by atoms with Gasteiger partial charge in [0.15, 0.2) is 12.2 Å². The van der Waals surface area contributed by atoms with Gasteiger partial charge in [-0.05, 0) is 42.9 Å². The molecule has 0 atom stereocenters. The SMILES string of the molecule is CN1CCN(c2ccc(CN=Nc3ccc(-c4cnco4)cc3)cn2)CC1. The average molecular weight is 362 g/mol. The molecule has 1 fully saturated rings. The molecule has 7 nitrogen and oxygen atoms in total. The summed E-state index contributed by atoms with van der Waals surface area (Å²) in [6.45, 7) is 4.71. The zero-order valence-electron chi connectivity index (χ0n) is 15.3. The predicted octanol–water partition coefficient (Wildman–Crippen LogP) is 3.77. The number of rotatable bonds is 5. The van der Waals surface area contributed by atoms with Crippen LogP contribution in [-0.2, 0) is 6.54 Å². The van der Waals surface area contributed by atoms with Crippen molar-refractivity contribution >= 4 is 11.5 Å². The fourth-order valence-electron chi connectivity index (χ4n) is 2.98. The summed E-state index contributed by atoms with van der Waals surface area (Å²) < 4.78 is 5.28. The summed E-state index contributed by atoms with van der Waals surface area (Å²) in [4.78, 5) is 13.2. The van der Waals surface area contributed by atoms with Crippen molar-refractivity contribution in [3.63, 3.8) is 0 Å². The molecule has 0 aliphatic carbocycles. The Morgan fingerprint density at radius 3 is 2.48 bits per heavy atom. The van der Waals surface area contributed by atoms with Crippen molar-refractivity contribution in [1.29, 1.82) is 0 Å². The van der Waals surface area contributed by atoms with Crippen molar-refractivity contribution < 1.29 is 4.42 Å². The van der Waals surface area contributed by atoms with E-state index in [2.05, 4.69) is 49.2 Å². The molecule has 0 amide bonds. The number of azo groups is 1. The van der Waals surface area contributed by atoms with E-state index in [1.165, 1.54) is 6.39 Å². The van der Waals surface area contributed by atoms with Crippen LogP contribution in [0.25, 0.3) is 11.3 Å². The molecule has 0 saturated carbocycles. The highest BCUT2D eigenvalue weighted by Gasteiger charge is 2.14. The smallest absolute Gasteiger partial charge is 0.181 e. The maximum Gasteiger partial charge on any atom is 0.181 e. The number of piperazine rings is 1. The van der Waals surface area contributed by atoms with Crippen LogP contribution in [-0.4, -0.2) is 48.1 Å². The van der Waals surface area contributed by atoms with Gasteiger partial charge in [-0.3, -0.25) is 0 Å². The van der Waals surface area contributed by atoms with Crippen LogP contribution in [0.15, 0.2) is 69.8 Å². The number of likely N-dealkylation sites (N-methyl/N-ethyl adjacent to an activating group) is 1. The van der Waals surface area contributed by atoms with Gasteiger partial charge in [0.2, 0.25) is 0 Å². The van der Waals surface area contributed by atoms with E-state index in [0.29, 0.717) is 6.54 Å². The number of oxazole rings is 1. The number of nitrogens with zero attached hydrogens (tertiary/aromatic N) is 6. The van der Waals surface area contributed by atoms with Crippen LogP contribution >= 0.6 is 0 Å². The van der Waals surface area contributed by atoms with Gasteiger partial charge in [0.1, 0.15) is 5.82 Å². The molecule has 3 heterocycles. The molecule has 7 heteroatoms. The van der Waals surface area contributed by atoms with Crippen LogP contribution < -0.4 is 4.90 Å². The molecule has 2 aromatic heterocycles. The Balaban J connectivity index is 1.33. The van der Waals surface area contributed by atoms with Gasteiger partial charge in [-0.1, -0.05) is 6.07 Å². The molecule has 0 radical (unpaired) electrons. The van der Waals surface area contributed by atoms with Gasteiger partial charge in [-0.2, -0.15) is 10.2 Å². The van der Waals surface area contributed by atoms with Crippen molar-refractivity contribution in [3.8, 4) is 11.3 Å². The lowest BCUT2D eigenvalue weighted by Crippen LogP contribution is -2.44. The maximum absolute atomic E-state index is 5.28. The Bertz CT molecular complexity index is 866. The summed E-state index contributed by atoms with van der Waals surface area (Å²) in [7, 11) is 2.15. The average Bonchev–Trinajstić information content (AvgIpc) is 3.25. The molecule has 27 heavy (non-hydrogen) atoms. The minimum absolute atomic E-state index is 0.514. The number of hydrogen-bond acceptors (Lipinski definition) is 7. The van der Waals surface area contributed by atoms with Crippen molar-refractivity contribution in [2.24, 2.45) is 10.2 Å². The number of aromatic nitrogens is 2. The third-order valence-electron chi connectivity index (χ3n) is 4.66. The summed E-state index contributed by atoms with van der Waals surface area (Å²) >= 11 is 0. The second-order valence-corrected chi connectivity index (χ2v) is 6.63. The lowest BCUT2D eigenvalue weighted by molar-refractivity contribution is 0.312. The summed E-state index contributed by atoms with van der Waals surface area (Å²) in [6.07, 6.45) is 5.00. The molecule has 4 rings (SSSR count). The third-order valence-corrected chi connectivity index (χ3v) is 4.66. The summed E-state index contributed by atoms with van der Waals surface area (Å²) in [6, 6.07) is 11.9. The highest BCUT2D eigenvalue weighted by molar-refractivity contribution is 5.59. The highest BCUT2D eigenvalue weighted by Crippen LogP contribution is 2.22. The molecular formula is C20H22N6O. The Kier molecular flexibility index (Phi) is 5.20. The number of benzene rings is 1. The molecule has 1 saturated heterocycles. The first-order chi connectivity index (χ1) is 13.3. The van der Waals surface area contributed by atoms with Crippen LogP contribution in [0.1, 0.15) is 5.56 Å². The van der Waals surface area contributed by atoms with Gasteiger partial charge in [0.05, 0.1) is 18.4 Å². The molecule has 0 N–H and O–H groups in total. The van der Waals surface area contributed by atoms with E-state index in [4.69, 9.17) is 4.42 Å². The summed E-state index contributed by atoms with van der Waals surface area (Å²) in [5, 5.41) is 8.56.